The van der Waals surface area contributed by atoms with E-state index in [-0.39, 0.29) is 6.04 Å². The monoisotopic (exact) mass is 191 g/mol. The second-order valence-electron chi connectivity index (χ2n) is 3.55. The average molecular weight is 191 g/mol. The Morgan fingerprint density at radius 2 is 2.14 bits per heavy atom. The Labute approximate surface area is 85.4 Å². The lowest BCUT2D eigenvalue weighted by atomic mass is 10.1. The van der Waals surface area contributed by atoms with Crippen molar-refractivity contribution >= 4 is 0 Å². The van der Waals surface area contributed by atoms with Crippen LogP contribution in [0.15, 0.2) is 35.9 Å². The van der Waals surface area contributed by atoms with Crippen molar-refractivity contribution in [2.24, 2.45) is 5.73 Å². The molecule has 0 aliphatic heterocycles. The summed E-state index contributed by atoms with van der Waals surface area (Å²) in [5, 5.41) is 0. The van der Waals surface area contributed by atoms with E-state index in [1.807, 2.05) is 44.2 Å². The second-order valence-corrected chi connectivity index (χ2v) is 3.55. The average Bonchev–Trinajstić information content (AvgIpc) is 2.17. The Morgan fingerprint density at radius 3 is 2.71 bits per heavy atom. The van der Waals surface area contributed by atoms with E-state index in [9.17, 15) is 0 Å². The van der Waals surface area contributed by atoms with Crippen LogP contribution in [0.4, 0.5) is 0 Å². The number of hydrogen-bond donors (Lipinski definition) is 1. The molecular formula is C12H17NO. The van der Waals surface area contributed by atoms with Gasteiger partial charge in [0.15, 0.2) is 0 Å². The first-order chi connectivity index (χ1) is 6.63. The Hall–Kier alpha value is -1.28. The Morgan fingerprint density at radius 1 is 1.43 bits per heavy atom. The summed E-state index contributed by atoms with van der Waals surface area (Å²) in [5.41, 5.74) is 8.28. The first-order valence-corrected chi connectivity index (χ1v) is 4.68. The molecule has 1 unspecified atom stereocenters. The van der Waals surface area contributed by atoms with Gasteiger partial charge in [-0.15, -0.1) is 0 Å². The zero-order valence-corrected chi connectivity index (χ0v) is 8.95. The molecule has 76 valence electrons. The third-order valence-electron chi connectivity index (χ3n) is 1.99. The molecule has 2 heteroatoms. The molecule has 2 nitrogen and oxygen atoms in total. The lowest BCUT2D eigenvalue weighted by Gasteiger charge is -2.09. The van der Waals surface area contributed by atoms with E-state index in [0.717, 1.165) is 11.3 Å². The van der Waals surface area contributed by atoms with Gasteiger partial charge in [-0.1, -0.05) is 23.8 Å². The van der Waals surface area contributed by atoms with Crippen LogP contribution in [-0.4, -0.2) is 7.11 Å². The predicted octanol–water partition coefficient (Wildman–Crippen LogP) is 2.66. The molecule has 0 aliphatic rings. The number of nitrogens with two attached hydrogens (primary N) is 1. The summed E-state index contributed by atoms with van der Waals surface area (Å²) in [4.78, 5) is 0. The highest BCUT2D eigenvalue weighted by molar-refractivity contribution is 5.32. The number of allylic oxidation sites excluding steroid dienone is 1. The first kappa shape index (κ1) is 10.8. The SMILES string of the molecule is COc1cccc(C(N)C=C(C)C)c1. The van der Waals surface area contributed by atoms with Gasteiger partial charge in [-0.25, -0.2) is 0 Å². The van der Waals surface area contributed by atoms with Crippen molar-refractivity contribution in [1.29, 1.82) is 0 Å². The smallest absolute Gasteiger partial charge is 0.119 e. The third-order valence-corrected chi connectivity index (χ3v) is 1.99. The van der Waals surface area contributed by atoms with Gasteiger partial charge in [-0.3, -0.25) is 0 Å². The van der Waals surface area contributed by atoms with Crippen molar-refractivity contribution in [3.05, 3.63) is 41.5 Å². The quantitative estimate of drug-likeness (QED) is 0.745. The molecule has 0 bridgehead atoms. The van der Waals surface area contributed by atoms with Gasteiger partial charge < -0.3 is 10.5 Å². The van der Waals surface area contributed by atoms with Crippen molar-refractivity contribution in [2.45, 2.75) is 19.9 Å². The van der Waals surface area contributed by atoms with E-state index < -0.39 is 0 Å². The fourth-order valence-electron chi connectivity index (χ4n) is 1.30. The molecule has 0 amide bonds. The lowest BCUT2D eigenvalue weighted by molar-refractivity contribution is 0.414. The molecule has 0 fully saturated rings. The molecule has 0 saturated heterocycles. The highest BCUT2D eigenvalue weighted by Gasteiger charge is 2.02. The first-order valence-electron chi connectivity index (χ1n) is 4.68. The molecule has 0 radical (unpaired) electrons. The standard InChI is InChI=1S/C12H17NO/c1-9(2)7-12(13)10-5-4-6-11(8-10)14-3/h4-8,12H,13H2,1-3H3. The Kier molecular flexibility index (Phi) is 3.72. The number of rotatable bonds is 3. The van der Waals surface area contributed by atoms with Gasteiger partial charge in [0, 0.05) is 6.04 Å². The number of ether oxygens (including phenoxy) is 1. The maximum atomic E-state index is 5.99. The summed E-state index contributed by atoms with van der Waals surface area (Å²) in [6.45, 7) is 4.08. The van der Waals surface area contributed by atoms with Crippen molar-refractivity contribution in [3.63, 3.8) is 0 Å². The van der Waals surface area contributed by atoms with Crippen LogP contribution in [0.1, 0.15) is 25.5 Å². The lowest BCUT2D eigenvalue weighted by Crippen LogP contribution is -2.07. The zero-order chi connectivity index (χ0) is 10.6. The highest BCUT2D eigenvalue weighted by atomic mass is 16.5. The fourth-order valence-corrected chi connectivity index (χ4v) is 1.30. The highest BCUT2D eigenvalue weighted by Crippen LogP contribution is 2.19. The van der Waals surface area contributed by atoms with E-state index in [4.69, 9.17) is 10.5 Å². The topological polar surface area (TPSA) is 35.2 Å². The normalized spacial score (nSPS) is 12.0. The molecule has 0 spiro atoms. The zero-order valence-electron chi connectivity index (χ0n) is 8.95. The summed E-state index contributed by atoms with van der Waals surface area (Å²) < 4.78 is 5.13. The second kappa shape index (κ2) is 4.82. The van der Waals surface area contributed by atoms with Crippen LogP contribution in [0.3, 0.4) is 0 Å². The molecule has 1 atom stereocenters. The van der Waals surface area contributed by atoms with Crippen LogP contribution in [-0.2, 0) is 0 Å². The summed E-state index contributed by atoms with van der Waals surface area (Å²) in [5.74, 6) is 0.847. The molecule has 0 heterocycles. The molecule has 1 rings (SSSR count). The van der Waals surface area contributed by atoms with Crippen molar-refractivity contribution in [3.8, 4) is 5.75 Å². The van der Waals surface area contributed by atoms with Crippen LogP contribution in [0.5, 0.6) is 5.75 Å². The van der Waals surface area contributed by atoms with Crippen molar-refractivity contribution in [1.82, 2.24) is 0 Å². The minimum atomic E-state index is -0.0462. The predicted molar refractivity (Wildman–Crippen MR) is 59.4 cm³/mol. The summed E-state index contributed by atoms with van der Waals surface area (Å²) in [6, 6.07) is 7.79. The largest absolute Gasteiger partial charge is 0.497 e. The van der Waals surface area contributed by atoms with Gasteiger partial charge in [0.2, 0.25) is 0 Å². The van der Waals surface area contributed by atoms with E-state index in [1.54, 1.807) is 7.11 Å². The maximum Gasteiger partial charge on any atom is 0.119 e. The molecule has 0 saturated carbocycles. The van der Waals surface area contributed by atoms with E-state index >= 15 is 0 Å². The van der Waals surface area contributed by atoms with Crippen molar-refractivity contribution < 1.29 is 4.74 Å². The minimum Gasteiger partial charge on any atom is -0.497 e. The van der Waals surface area contributed by atoms with Gasteiger partial charge >= 0.3 is 0 Å². The molecule has 0 aromatic heterocycles. The summed E-state index contributed by atoms with van der Waals surface area (Å²) in [7, 11) is 1.66. The molecular weight excluding hydrogens is 174 g/mol. The van der Waals surface area contributed by atoms with Gasteiger partial charge in [-0.05, 0) is 31.5 Å². The van der Waals surface area contributed by atoms with Crippen LogP contribution in [0.25, 0.3) is 0 Å². The van der Waals surface area contributed by atoms with E-state index in [0.29, 0.717) is 0 Å². The molecule has 1 aromatic rings. The third kappa shape index (κ3) is 2.89. The van der Waals surface area contributed by atoms with Crippen LogP contribution in [0.2, 0.25) is 0 Å². The Balaban J connectivity index is 2.89. The summed E-state index contributed by atoms with van der Waals surface area (Å²) >= 11 is 0. The van der Waals surface area contributed by atoms with E-state index in [1.165, 1.54) is 5.57 Å². The number of hydrogen-bond acceptors (Lipinski definition) is 2. The van der Waals surface area contributed by atoms with Crippen LogP contribution in [0, 0.1) is 0 Å². The van der Waals surface area contributed by atoms with Crippen LogP contribution < -0.4 is 10.5 Å². The minimum absolute atomic E-state index is 0.0462. The molecule has 1 aromatic carbocycles. The Bertz CT molecular complexity index is 327. The molecule has 14 heavy (non-hydrogen) atoms. The maximum absolute atomic E-state index is 5.99. The fraction of sp³-hybridized carbons (Fsp3) is 0.333. The van der Waals surface area contributed by atoms with E-state index in [2.05, 4.69) is 0 Å². The number of benzene rings is 1. The summed E-state index contributed by atoms with van der Waals surface area (Å²) in [6.07, 6.45) is 2.04. The molecule has 0 aliphatic carbocycles. The number of methoxy groups -OCH3 is 1. The van der Waals surface area contributed by atoms with Gasteiger partial charge in [-0.2, -0.15) is 0 Å². The van der Waals surface area contributed by atoms with Gasteiger partial charge in [0.25, 0.3) is 0 Å². The van der Waals surface area contributed by atoms with Crippen LogP contribution >= 0.6 is 0 Å². The van der Waals surface area contributed by atoms with Gasteiger partial charge in [0.05, 0.1) is 7.11 Å². The van der Waals surface area contributed by atoms with Crippen molar-refractivity contribution in [2.75, 3.05) is 7.11 Å². The molecule has 2 N–H and O–H groups in total. The van der Waals surface area contributed by atoms with Gasteiger partial charge in [0.1, 0.15) is 5.75 Å².